The van der Waals surface area contributed by atoms with Gasteiger partial charge in [-0.3, -0.25) is 4.79 Å². The number of fused-ring (bicyclic) bond motifs is 1. The first kappa shape index (κ1) is 15.5. The number of carbonyl (C=O) groups is 1. The second-order valence-electron chi connectivity index (χ2n) is 6.02. The van der Waals surface area contributed by atoms with E-state index >= 15 is 0 Å². The molecule has 6 heteroatoms. The van der Waals surface area contributed by atoms with Crippen LogP contribution in [0.4, 0.5) is 5.82 Å². The second-order valence-corrected chi connectivity index (χ2v) is 7.56. The molecule has 1 amide bonds. The van der Waals surface area contributed by atoms with Crippen LogP contribution in [0.5, 0.6) is 0 Å². The van der Waals surface area contributed by atoms with Gasteiger partial charge in [0.05, 0.1) is 18.7 Å². The zero-order chi connectivity index (χ0) is 16.7. The molecule has 0 spiro atoms. The van der Waals surface area contributed by atoms with Gasteiger partial charge >= 0.3 is 0 Å². The number of aromatic nitrogens is 2. The van der Waals surface area contributed by atoms with Crippen molar-refractivity contribution >= 4 is 45.7 Å². The van der Waals surface area contributed by atoms with Crippen LogP contribution in [0.15, 0.2) is 54.7 Å². The molecule has 1 unspecified atom stereocenters. The summed E-state index contributed by atoms with van der Waals surface area (Å²) in [6.45, 7) is 0.571. The highest BCUT2D eigenvalue weighted by molar-refractivity contribution is 6.52. The van der Waals surface area contributed by atoms with E-state index in [1.807, 2.05) is 18.2 Å². The van der Waals surface area contributed by atoms with Crippen molar-refractivity contribution in [2.24, 2.45) is 5.92 Å². The van der Waals surface area contributed by atoms with Crippen molar-refractivity contribution in [1.29, 1.82) is 0 Å². The molecule has 4 nitrogen and oxygen atoms in total. The van der Waals surface area contributed by atoms with Crippen molar-refractivity contribution in [3.05, 3.63) is 60.3 Å². The maximum Gasteiger partial charge on any atom is 0.231 e. The van der Waals surface area contributed by atoms with E-state index < -0.39 is 4.33 Å². The summed E-state index contributed by atoms with van der Waals surface area (Å²) in [6.07, 6.45) is 2.15. The fraction of sp³-hybridized carbons (Fsp3) is 0.222. The van der Waals surface area contributed by atoms with E-state index in [1.165, 1.54) is 10.8 Å². The topological polar surface area (TPSA) is 46.9 Å². The van der Waals surface area contributed by atoms with Gasteiger partial charge in [0.15, 0.2) is 0 Å². The molecule has 0 radical (unpaired) electrons. The Morgan fingerprint density at radius 3 is 2.75 bits per heavy atom. The van der Waals surface area contributed by atoms with E-state index in [-0.39, 0.29) is 11.8 Å². The van der Waals surface area contributed by atoms with Gasteiger partial charge in [0, 0.05) is 6.07 Å². The van der Waals surface area contributed by atoms with E-state index in [0.717, 1.165) is 5.56 Å². The van der Waals surface area contributed by atoms with Crippen LogP contribution in [-0.2, 0) is 11.3 Å². The van der Waals surface area contributed by atoms with Gasteiger partial charge in [-0.25, -0.2) is 4.68 Å². The predicted octanol–water partition coefficient (Wildman–Crippen LogP) is 4.22. The van der Waals surface area contributed by atoms with Gasteiger partial charge in [-0.2, -0.15) is 5.10 Å². The zero-order valence-corrected chi connectivity index (χ0v) is 14.3. The molecule has 1 saturated carbocycles. The molecule has 1 heterocycles. The molecule has 1 fully saturated rings. The fourth-order valence-corrected chi connectivity index (χ4v) is 3.37. The molecule has 3 aromatic rings. The molecular weight excluding hydrogens is 345 g/mol. The molecule has 0 saturated heterocycles. The van der Waals surface area contributed by atoms with E-state index in [2.05, 4.69) is 34.7 Å². The van der Waals surface area contributed by atoms with Crippen LogP contribution in [0.1, 0.15) is 12.0 Å². The van der Waals surface area contributed by atoms with Gasteiger partial charge in [-0.15, -0.1) is 23.2 Å². The highest BCUT2D eigenvalue weighted by Crippen LogP contribution is 2.53. The quantitative estimate of drug-likeness (QED) is 0.709. The zero-order valence-electron chi connectivity index (χ0n) is 12.7. The Morgan fingerprint density at radius 2 is 1.96 bits per heavy atom. The third kappa shape index (κ3) is 2.87. The summed E-state index contributed by atoms with van der Waals surface area (Å²) < 4.78 is 0.844. The molecule has 2 aromatic carbocycles. The van der Waals surface area contributed by atoms with Crippen LogP contribution in [0.25, 0.3) is 10.8 Å². The van der Waals surface area contributed by atoms with E-state index in [9.17, 15) is 4.79 Å². The lowest BCUT2D eigenvalue weighted by Gasteiger charge is -2.11. The Morgan fingerprint density at radius 1 is 1.21 bits per heavy atom. The Hall–Kier alpha value is -2.04. The maximum atomic E-state index is 12.2. The van der Waals surface area contributed by atoms with Crippen LogP contribution in [-0.4, -0.2) is 20.0 Å². The molecule has 1 N–H and O–H groups in total. The summed E-state index contributed by atoms with van der Waals surface area (Å²) in [4.78, 5) is 12.2. The lowest BCUT2D eigenvalue weighted by atomic mass is 10.0. The molecular formula is C18H15Cl2N3O. The molecule has 1 aromatic heterocycles. The van der Waals surface area contributed by atoms with Crippen molar-refractivity contribution < 1.29 is 4.79 Å². The number of amides is 1. The lowest BCUT2D eigenvalue weighted by molar-refractivity contribution is -0.117. The van der Waals surface area contributed by atoms with Gasteiger partial charge in [-0.1, -0.05) is 42.5 Å². The summed E-state index contributed by atoms with van der Waals surface area (Å²) in [7, 11) is 0. The smallest absolute Gasteiger partial charge is 0.231 e. The summed E-state index contributed by atoms with van der Waals surface area (Å²) >= 11 is 11.9. The van der Waals surface area contributed by atoms with Crippen LogP contribution in [0.2, 0.25) is 0 Å². The number of hydrogen-bond donors (Lipinski definition) is 1. The molecule has 24 heavy (non-hydrogen) atoms. The molecule has 122 valence electrons. The third-order valence-electron chi connectivity index (χ3n) is 4.31. The van der Waals surface area contributed by atoms with Gasteiger partial charge < -0.3 is 5.32 Å². The van der Waals surface area contributed by atoms with Crippen molar-refractivity contribution in [3.8, 4) is 0 Å². The molecule has 0 aliphatic heterocycles. The van der Waals surface area contributed by atoms with Crippen LogP contribution >= 0.6 is 23.2 Å². The van der Waals surface area contributed by atoms with Gasteiger partial charge in [0.2, 0.25) is 5.91 Å². The number of nitrogens with zero attached hydrogens (tertiary/aromatic N) is 2. The number of halogens is 2. The second kappa shape index (κ2) is 5.80. The standard InChI is InChI=1S/C18H15Cl2N3O/c19-18(20)10-15(18)17(24)22-16-8-9-21-23(16)11-13-6-3-5-12-4-1-2-7-14(12)13/h1-9,15H,10-11H2,(H,22,24). The van der Waals surface area contributed by atoms with Crippen molar-refractivity contribution in [3.63, 3.8) is 0 Å². The van der Waals surface area contributed by atoms with Gasteiger partial charge in [0.25, 0.3) is 0 Å². The van der Waals surface area contributed by atoms with Gasteiger partial charge in [-0.05, 0) is 22.8 Å². The highest BCUT2D eigenvalue weighted by atomic mass is 35.5. The van der Waals surface area contributed by atoms with Crippen molar-refractivity contribution in [1.82, 2.24) is 9.78 Å². The first-order valence-corrected chi connectivity index (χ1v) is 8.47. The molecule has 1 aliphatic carbocycles. The molecule has 0 bridgehead atoms. The number of rotatable bonds is 4. The minimum atomic E-state index is -0.926. The van der Waals surface area contributed by atoms with Crippen LogP contribution in [0.3, 0.4) is 0 Å². The number of alkyl halides is 2. The fourth-order valence-electron chi connectivity index (χ4n) is 2.87. The Bertz CT molecular complexity index is 914. The number of nitrogens with one attached hydrogen (secondary N) is 1. The molecule has 1 aliphatic rings. The average molecular weight is 360 g/mol. The number of carbonyl (C=O) groups excluding carboxylic acids is 1. The Balaban J connectivity index is 1.58. The minimum absolute atomic E-state index is 0.167. The number of hydrogen-bond acceptors (Lipinski definition) is 2. The summed E-state index contributed by atoms with van der Waals surface area (Å²) in [6, 6.07) is 16.2. The Kier molecular flexibility index (Phi) is 3.74. The lowest BCUT2D eigenvalue weighted by Crippen LogP contribution is -2.19. The third-order valence-corrected chi connectivity index (χ3v) is 5.15. The normalized spacial score (nSPS) is 18.5. The number of anilines is 1. The van der Waals surface area contributed by atoms with Crippen molar-refractivity contribution in [2.45, 2.75) is 17.3 Å². The summed E-state index contributed by atoms with van der Waals surface area (Å²) in [5.74, 6) is 0.116. The van der Waals surface area contributed by atoms with Crippen molar-refractivity contribution in [2.75, 3.05) is 5.32 Å². The first-order valence-electron chi connectivity index (χ1n) is 7.72. The van der Waals surface area contributed by atoms with E-state index in [0.29, 0.717) is 18.8 Å². The summed E-state index contributed by atoms with van der Waals surface area (Å²) in [5.41, 5.74) is 1.14. The van der Waals surface area contributed by atoms with E-state index in [1.54, 1.807) is 16.9 Å². The highest BCUT2D eigenvalue weighted by Gasteiger charge is 2.56. The summed E-state index contributed by atoms with van der Waals surface area (Å²) in [5, 5.41) is 9.55. The maximum absolute atomic E-state index is 12.2. The minimum Gasteiger partial charge on any atom is -0.311 e. The Labute approximate surface area is 149 Å². The molecule has 4 rings (SSSR count). The first-order chi connectivity index (χ1) is 11.5. The largest absolute Gasteiger partial charge is 0.311 e. The van der Waals surface area contributed by atoms with Gasteiger partial charge in [0.1, 0.15) is 10.2 Å². The SMILES string of the molecule is O=C(Nc1ccnn1Cc1cccc2ccccc12)C1CC1(Cl)Cl. The number of benzene rings is 2. The van der Waals surface area contributed by atoms with Crippen LogP contribution < -0.4 is 5.32 Å². The van der Waals surface area contributed by atoms with E-state index in [4.69, 9.17) is 23.2 Å². The predicted molar refractivity (Wildman–Crippen MR) is 96.5 cm³/mol. The molecule has 1 atom stereocenters. The monoisotopic (exact) mass is 359 g/mol. The van der Waals surface area contributed by atoms with Crippen LogP contribution in [0, 0.1) is 5.92 Å². The average Bonchev–Trinajstić information content (AvgIpc) is 3.00.